The smallest absolute Gasteiger partial charge is 0.312 e. The van der Waals surface area contributed by atoms with Gasteiger partial charge in [0.1, 0.15) is 0 Å². The number of alkyl halides is 3. The summed E-state index contributed by atoms with van der Waals surface area (Å²) in [4.78, 5) is 2.31. The minimum atomic E-state index is -4.06. The zero-order valence-corrected chi connectivity index (χ0v) is 11.5. The summed E-state index contributed by atoms with van der Waals surface area (Å²) in [7, 11) is 0. The van der Waals surface area contributed by atoms with E-state index in [1.54, 1.807) is 0 Å². The fourth-order valence-corrected chi connectivity index (χ4v) is 2.63. The summed E-state index contributed by atoms with van der Waals surface area (Å²) in [5, 5.41) is 3.03. The second-order valence-corrected chi connectivity index (χ2v) is 5.38. The summed E-state index contributed by atoms with van der Waals surface area (Å²) >= 11 is 0. The topological polar surface area (TPSA) is 15.3 Å². The van der Waals surface area contributed by atoms with Crippen molar-refractivity contribution in [2.45, 2.75) is 38.0 Å². The lowest BCUT2D eigenvalue weighted by Crippen LogP contribution is -2.46. The summed E-state index contributed by atoms with van der Waals surface area (Å²) in [6.07, 6.45) is -2.81. The van der Waals surface area contributed by atoms with Crippen LogP contribution in [0.3, 0.4) is 0 Å². The zero-order valence-electron chi connectivity index (χ0n) is 11.5. The molecule has 0 spiro atoms. The number of halogens is 3. The summed E-state index contributed by atoms with van der Waals surface area (Å²) in [6.45, 7) is 2.74. The highest BCUT2D eigenvalue weighted by Crippen LogP contribution is 2.19. The summed E-state index contributed by atoms with van der Waals surface area (Å²) in [6, 6.07) is 10.4. The van der Waals surface area contributed by atoms with Gasteiger partial charge in [-0.15, -0.1) is 0 Å². The third kappa shape index (κ3) is 5.51. The fraction of sp³-hybridized carbons (Fsp3) is 0.600. The maximum Gasteiger partial charge on any atom is 0.390 e. The molecule has 1 atom stereocenters. The summed E-state index contributed by atoms with van der Waals surface area (Å²) < 4.78 is 36.4. The van der Waals surface area contributed by atoms with Gasteiger partial charge < -0.3 is 5.32 Å². The maximum absolute atomic E-state index is 12.1. The Kier molecular flexibility index (Phi) is 5.43. The van der Waals surface area contributed by atoms with Crippen molar-refractivity contribution in [3.05, 3.63) is 35.9 Å². The third-order valence-electron chi connectivity index (χ3n) is 3.60. The number of nitrogens with zero attached hydrogens (tertiary/aromatic N) is 1. The number of piperidine rings is 1. The minimum Gasteiger partial charge on any atom is -0.312 e. The molecule has 0 amide bonds. The Morgan fingerprint density at radius 3 is 2.65 bits per heavy atom. The van der Waals surface area contributed by atoms with E-state index in [4.69, 9.17) is 0 Å². The first kappa shape index (κ1) is 15.3. The molecular weight excluding hydrogens is 265 g/mol. The lowest BCUT2D eigenvalue weighted by Gasteiger charge is -2.33. The molecule has 0 radical (unpaired) electrons. The second kappa shape index (κ2) is 7.09. The van der Waals surface area contributed by atoms with Crippen LogP contribution in [0.5, 0.6) is 0 Å². The quantitative estimate of drug-likeness (QED) is 0.894. The Balaban J connectivity index is 1.74. The van der Waals surface area contributed by atoms with Crippen molar-refractivity contribution in [1.82, 2.24) is 10.2 Å². The molecule has 0 aliphatic carbocycles. The van der Waals surface area contributed by atoms with Crippen molar-refractivity contribution in [3.8, 4) is 0 Å². The number of likely N-dealkylation sites (tertiary alicyclic amines) is 1. The second-order valence-electron chi connectivity index (χ2n) is 5.38. The average Bonchev–Trinajstić information content (AvgIpc) is 2.39. The first-order valence-electron chi connectivity index (χ1n) is 7.09. The standard InChI is InChI=1S/C15H21F3N2/c16-15(17,18)8-9-19-14-7-4-10-20(12-14)11-13-5-2-1-3-6-13/h1-3,5-6,14,19H,4,7-12H2. The predicted octanol–water partition coefficient (Wildman–Crippen LogP) is 3.19. The van der Waals surface area contributed by atoms with E-state index in [-0.39, 0.29) is 12.6 Å². The van der Waals surface area contributed by atoms with E-state index in [0.29, 0.717) is 0 Å². The average molecular weight is 286 g/mol. The lowest BCUT2D eigenvalue weighted by atomic mass is 10.0. The Morgan fingerprint density at radius 1 is 1.20 bits per heavy atom. The van der Waals surface area contributed by atoms with Crippen LogP contribution in [0.4, 0.5) is 13.2 Å². The molecule has 1 aromatic carbocycles. The number of hydrogen-bond acceptors (Lipinski definition) is 2. The fourth-order valence-electron chi connectivity index (χ4n) is 2.63. The molecule has 1 unspecified atom stereocenters. The van der Waals surface area contributed by atoms with Crippen molar-refractivity contribution in [3.63, 3.8) is 0 Å². The Morgan fingerprint density at radius 2 is 1.95 bits per heavy atom. The van der Waals surface area contributed by atoms with E-state index in [9.17, 15) is 13.2 Å². The van der Waals surface area contributed by atoms with Gasteiger partial charge in [0.15, 0.2) is 0 Å². The highest BCUT2D eigenvalue weighted by molar-refractivity contribution is 5.14. The molecule has 1 heterocycles. The molecule has 1 aliphatic rings. The molecule has 1 aromatic rings. The van der Waals surface area contributed by atoms with Crippen molar-refractivity contribution in [2.75, 3.05) is 19.6 Å². The van der Waals surface area contributed by atoms with Crippen molar-refractivity contribution >= 4 is 0 Å². The third-order valence-corrected chi connectivity index (χ3v) is 3.60. The van der Waals surface area contributed by atoms with Gasteiger partial charge in [0.2, 0.25) is 0 Å². The maximum atomic E-state index is 12.1. The highest BCUT2D eigenvalue weighted by Gasteiger charge is 2.27. The van der Waals surface area contributed by atoms with Crippen LogP contribution in [0.1, 0.15) is 24.8 Å². The molecule has 2 nitrogen and oxygen atoms in total. The van der Waals surface area contributed by atoms with Gasteiger partial charge in [0.25, 0.3) is 0 Å². The van der Waals surface area contributed by atoms with E-state index >= 15 is 0 Å². The number of hydrogen-bond donors (Lipinski definition) is 1. The first-order chi connectivity index (χ1) is 9.53. The highest BCUT2D eigenvalue weighted by atomic mass is 19.4. The van der Waals surface area contributed by atoms with Gasteiger partial charge in [-0.05, 0) is 24.9 Å². The van der Waals surface area contributed by atoms with E-state index in [1.807, 2.05) is 18.2 Å². The molecule has 0 aromatic heterocycles. The van der Waals surface area contributed by atoms with Crippen molar-refractivity contribution in [1.29, 1.82) is 0 Å². The molecular formula is C15H21F3N2. The van der Waals surface area contributed by atoms with Crippen LogP contribution >= 0.6 is 0 Å². The molecule has 112 valence electrons. The molecule has 1 aliphatic heterocycles. The Bertz CT molecular complexity index is 392. The van der Waals surface area contributed by atoms with Gasteiger partial charge >= 0.3 is 6.18 Å². The van der Waals surface area contributed by atoms with E-state index in [2.05, 4.69) is 22.3 Å². The molecule has 0 bridgehead atoms. The molecule has 1 saturated heterocycles. The number of benzene rings is 1. The van der Waals surface area contributed by atoms with Crippen LogP contribution in [0.25, 0.3) is 0 Å². The Hall–Kier alpha value is -1.07. The van der Waals surface area contributed by atoms with Crippen LogP contribution in [0.15, 0.2) is 30.3 Å². The predicted molar refractivity (Wildman–Crippen MR) is 73.4 cm³/mol. The van der Waals surface area contributed by atoms with Crippen molar-refractivity contribution < 1.29 is 13.2 Å². The van der Waals surface area contributed by atoms with Gasteiger partial charge in [-0.2, -0.15) is 13.2 Å². The summed E-state index contributed by atoms with van der Waals surface area (Å²) in [5.41, 5.74) is 1.25. The molecule has 1 N–H and O–H groups in total. The van der Waals surface area contributed by atoms with E-state index < -0.39 is 12.6 Å². The largest absolute Gasteiger partial charge is 0.390 e. The monoisotopic (exact) mass is 286 g/mol. The van der Waals surface area contributed by atoms with Gasteiger partial charge in [-0.25, -0.2) is 0 Å². The van der Waals surface area contributed by atoms with E-state index in [0.717, 1.165) is 32.5 Å². The molecule has 5 heteroatoms. The Labute approximate surface area is 118 Å². The molecule has 1 fully saturated rings. The number of rotatable bonds is 5. The van der Waals surface area contributed by atoms with Crippen LogP contribution in [0, 0.1) is 0 Å². The minimum absolute atomic E-state index is 0.0212. The van der Waals surface area contributed by atoms with Crippen LogP contribution in [-0.4, -0.2) is 36.8 Å². The van der Waals surface area contributed by atoms with E-state index in [1.165, 1.54) is 5.56 Å². The normalized spacial score (nSPS) is 21.1. The van der Waals surface area contributed by atoms with Crippen LogP contribution in [-0.2, 0) is 6.54 Å². The van der Waals surface area contributed by atoms with Crippen LogP contribution in [0.2, 0.25) is 0 Å². The van der Waals surface area contributed by atoms with Gasteiger partial charge in [-0.1, -0.05) is 30.3 Å². The van der Waals surface area contributed by atoms with Crippen molar-refractivity contribution in [2.24, 2.45) is 0 Å². The first-order valence-corrected chi connectivity index (χ1v) is 7.09. The molecule has 20 heavy (non-hydrogen) atoms. The van der Waals surface area contributed by atoms with Gasteiger partial charge in [0, 0.05) is 25.7 Å². The molecule has 2 rings (SSSR count). The van der Waals surface area contributed by atoms with Crippen LogP contribution < -0.4 is 5.32 Å². The zero-order chi connectivity index (χ0) is 14.4. The summed E-state index contributed by atoms with van der Waals surface area (Å²) in [5.74, 6) is 0. The molecule has 0 saturated carbocycles. The number of nitrogens with one attached hydrogen (secondary N) is 1. The SMILES string of the molecule is FC(F)(F)CCNC1CCCN(Cc2ccccc2)C1. The lowest BCUT2D eigenvalue weighted by molar-refractivity contribution is -0.133. The van der Waals surface area contributed by atoms with Gasteiger partial charge in [-0.3, -0.25) is 4.90 Å². The van der Waals surface area contributed by atoms with Gasteiger partial charge in [0.05, 0.1) is 6.42 Å².